The van der Waals surface area contributed by atoms with E-state index >= 15 is 0 Å². The lowest BCUT2D eigenvalue weighted by Gasteiger charge is -2.35. The van der Waals surface area contributed by atoms with E-state index in [1.807, 2.05) is 24.3 Å². The van der Waals surface area contributed by atoms with Crippen molar-refractivity contribution in [2.45, 2.75) is 18.3 Å². The molecule has 4 nitrogen and oxygen atoms in total. The molecule has 5 rings (SSSR count). The molecule has 3 aromatic rings. The molecule has 2 aromatic carbocycles. The molecule has 1 aliphatic heterocycles. The summed E-state index contributed by atoms with van der Waals surface area (Å²) >= 11 is 0. The van der Waals surface area contributed by atoms with Crippen molar-refractivity contribution < 1.29 is 13.6 Å². The van der Waals surface area contributed by atoms with E-state index in [1.165, 1.54) is 24.3 Å². The number of rotatable bonds is 3. The van der Waals surface area contributed by atoms with Crippen LogP contribution < -0.4 is 0 Å². The molecule has 0 radical (unpaired) electrons. The average molecular weight is 391 g/mol. The number of halogens is 2. The van der Waals surface area contributed by atoms with Gasteiger partial charge in [-0.1, -0.05) is 36.4 Å². The molecular weight excluding hydrogens is 372 g/mol. The van der Waals surface area contributed by atoms with E-state index in [-0.39, 0.29) is 17.5 Å². The fraction of sp³-hybridized carbons (Fsp3) is 0.217. The summed E-state index contributed by atoms with van der Waals surface area (Å²) < 4.78 is 28.1. The predicted octanol–water partition coefficient (Wildman–Crippen LogP) is 4.09. The van der Waals surface area contributed by atoms with Crippen LogP contribution in [-0.4, -0.2) is 34.1 Å². The minimum Gasteiger partial charge on any atom is -0.337 e. The van der Waals surface area contributed by atoms with Crippen LogP contribution in [0, 0.1) is 11.6 Å². The van der Waals surface area contributed by atoms with Gasteiger partial charge in [0.2, 0.25) is 0 Å². The molecular formula is C23H19F2N3O. The SMILES string of the molecule is O=C(c1n[nH]c2c1C=CC(c1cccc(F)c1)(c1cccc(F)c1)C2)N1CCC1. The van der Waals surface area contributed by atoms with E-state index in [0.717, 1.165) is 41.9 Å². The number of aromatic nitrogens is 2. The number of amides is 1. The number of nitrogens with zero attached hydrogens (tertiary/aromatic N) is 2. The second kappa shape index (κ2) is 6.65. The molecule has 146 valence electrons. The summed E-state index contributed by atoms with van der Waals surface area (Å²) in [5.74, 6) is -0.783. The van der Waals surface area contributed by atoms with Gasteiger partial charge in [0.1, 0.15) is 11.6 Å². The smallest absolute Gasteiger partial charge is 0.274 e. The second-order valence-corrected chi connectivity index (χ2v) is 7.61. The van der Waals surface area contributed by atoms with Gasteiger partial charge in [-0.15, -0.1) is 0 Å². The predicted molar refractivity (Wildman–Crippen MR) is 105 cm³/mol. The van der Waals surface area contributed by atoms with Gasteiger partial charge in [0.05, 0.1) is 0 Å². The summed E-state index contributed by atoms with van der Waals surface area (Å²) in [5, 5.41) is 7.27. The highest BCUT2D eigenvalue weighted by Gasteiger charge is 2.38. The maximum atomic E-state index is 14.1. The first kappa shape index (κ1) is 17.8. The van der Waals surface area contributed by atoms with Crippen LogP contribution in [0.4, 0.5) is 8.78 Å². The number of hydrogen-bond donors (Lipinski definition) is 1. The standard InChI is InChI=1S/C23H19F2N3O/c24-17-6-1-4-15(12-17)23(16-5-2-7-18(25)13-16)9-8-19-20(14-23)26-27-21(19)22(29)28-10-3-11-28/h1-2,4-9,12-13H,3,10-11,14H2,(H,26,27). The van der Waals surface area contributed by atoms with Crippen LogP contribution in [-0.2, 0) is 11.8 Å². The Balaban J connectivity index is 1.63. The zero-order valence-electron chi connectivity index (χ0n) is 15.7. The summed E-state index contributed by atoms with van der Waals surface area (Å²) in [4.78, 5) is 14.4. The highest BCUT2D eigenvalue weighted by molar-refractivity contribution is 5.97. The van der Waals surface area contributed by atoms with Crippen LogP contribution in [0.15, 0.2) is 54.6 Å². The monoisotopic (exact) mass is 391 g/mol. The molecule has 2 heterocycles. The molecule has 29 heavy (non-hydrogen) atoms. The Bertz CT molecular complexity index is 1090. The van der Waals surface area contributed by atoms with E-state index < -0.39 is 5.41 Å². The van der Waals surface area contributed by atoms with Gasteiger partial charge >= 0.3 is 0 Å². The zero-order valence-corrected chi connectivity index (χ0v) is 15.7. The topological polar surface area (TPSA) is 49.0 Å². The molecule has 1 N–H and O–H groups in total. The number of carbonyl (C=O) groups is 1. The molecule has 1 amide bonds. The Morgan fingerprint density at radius 1 is 1.03 bits per heavy atom. The van der Waals surface area contributed by atoms with Gasteiger partial charge in [-0.3, -0.25) is 9.89 Å². The van der Waals surface area contributed by atoms with Gasteiger partial charge in [-0.05, 0) is 41.8 Å². The number of likely N-dealkylation sites (tertiary alicyclic amines) is 1. The van der Waals surface area contributed by atoms with Crippen molar-refractivity contribution in [2.75, 3.05) is 13.1 Å². The van der Waals surface area contributed by atoms with Crippen LogP contribution in [0.1, 0.15) is 39.3 Å². The number of benzene rings is 2. The van der Waals surface area contributed by atoms with Crippen molar-refractivity contribution in [1.82, 2.24) is 15.1 Å². The van der Waals surface area contributed by atoms with E-state index in [4.69, 9.17) is 0 Å². The summed E-state index contributed by atoms with van der Waals surface area (Å²) in [6.07, 6.45) is 5.22. The van der Waals surface area contributed by atoms with Gasteiger partial charge in [0.25, 0.3) is 5.91 Å². The molecule has 1 fully saturated rings. The van der Waals surface area contributed by atoms with Gasteiger partial charge in [-0.2, -0.15) is 5.10 Å². The third-order valence-electron chi connectivity index (χ3n) is 5.90. The third-order valence-corrected chi connectivity index (χ3v) is 5.90. The number of carbonyl (C=O) groups excluding carboxylic acids is 1. The fourth-order valence-corrected chi connectivity index (χ4v) is 4.19. The van der Waals surface area contributed by atoms with Crippen molar-refractivity contribution in [2.24, 2.45) is 0 Å². The quantitative estimate of drug-likeness (QED) is 0.731. The van der Waals surface area contributed by atoms with Crippen molar-refractivity contribution in [3.8, 4) is 0 Å². The molecule has 1 aliphatic carbocycles. The minimum absolute atomic E-state index is 0.0811. The Labute approximate surface area is 166 Å². The van der Waals surface area contributed by atoms with E-state index in [2.05, 4.69) is 10.2 Å². The van der Waals surface area contributed by atoms with E-state index in [0.29, 0.717) is 12.1 Å². The van der Waals surface area contributed by atoms with Crippen molar-refractivity contribution >= 4 is 12.0 Å². The average Bonchev–Trinajstić information content (AvgIpc) is 3.09. The third kappa shape index (κ3) is 2.87. The van der Waals surface area contributed by atoms with Crippen LogP contribution in [0.5, 0.6) is 0 Å². The maximum Gasteiger partial charge on any atom is 0.274 e. The molecule has 0 saturated carbocycles. The largest absolute Gasteiger partial charge is 0.337 e. The number of aromatic amines is 1. The van der Waals surface area contributed by atoms with Gasteiger partial charge in [-0.25, -0.2) is 8.78 Å². The van der Waals surface area contributed by atoms with E-state index in [9.17, 15) is 13.6 Å². The van der Waals surface area contributed by atoms with Crippen LogP contribution in [0.3, 0.4) is 0 Å². The molecule has 0 bridgehead atoms. The normalized spacial score (nSPS) is 17.0. The van der Waals surface area contributed by atoms with Crippen LogP contribution in [0.2, 0.25) is 0 Å². The van der Waals surface area contributed by atoms with Gasteiger partial charge < -0.3 is 4.90 Å². The Kier molecular flexibility index (Phi) is 4.08. The number of H-pyrrole nitrogens is 1. The molecule has 1 saturated heterocycles. The van der Waals surface area contributed by atoms with Gasteiger partial charge in [0, 0.05) is 36.2 Å². The zero-order chi connectivity index (χ0) is 20.0. The molecule has 2 aliphatic rings. The highest BCUT2D eigenvalue weighted by atomic mass is 19.1. The number of allylic oxidation sites excluding steroid dienone is 1. The highest BCUT2D eigenvalue weighted by Crippen LogP contribution is 2.42. The lowest BCUT2D eigenvalue weighted by atomic mass is 9.68. The molecule has 1 aromatic heterocycles. The Morgan fingerprint density at radius 2 is 1.69 bits per heavy atom. The Morgan fingerprint density at radius 3 is 2.24 bits per heavy atom. The lowest BCUT2D eigenvalue weighted by molar-refractivity contribution is 0.0645. The van der Waals surface area contributed by atoms with Crippen LogP contribution in [0.25, 0.3) is 6.08 Å². The molecule has 0 unspecified atom stereocenters. The molecule has 0 spiro atoms. The fourth-order valence-electron chi connectivity index (χ4n) is 4.19. The first-order valence-corrected chi connectivity index (χ1v) is 9.65. The molecule has 6 heteroatoms. The summed E-state index contributed by atoms with van der Waals surface area (Å²) in [6, 6.07) is 12.7. The van der Waals surface area contributed by atoms with Crippen molar-refractivity contribution in [1.29, 1.82) is 0 Å². The summed E-state index contributed by atoms with van der Waals surface area (Å²) in [6.45, 7) is 1.50. The van der Waals surface area contributed by atoms with Crippen molar-refractivity contribution in [3.05, 3.63) is 94.3 Å². The number of hydrogen-bond acceptors (Lipinski definition) is 2. The number of nitrogens with one attached hydrogen (secondary N) is 1. The summed E-state index contributed by atoms with van der Waals surface area (Å²) in [5.41, 5.74) is 2.62. The Hall–Kier alpha value is -3.28. The van der Waals surface area contributed by atoms with Crippen molar-refractivity contribution in [3.63, 3.8) is 0 Å². The van der Waals surface area contributed by atoms with Gasteiger partial charge in [0.15, 0.2) is 5.69 Å². The lowest BCUT2D eigenvalue weighted by Crippen LogP contribution is -2.42. The minimum atomic E-state index is -0.763. The first-order chi connectivity index (χ1) is 14.1. The number of fused-ring (bicyclic) bond motifs is 1. The maximum absolute atomic E-state index is 14.1. The van der Waals surface area contributed by atoms with Crippen LogP contribution >= 0.6 is 0 Å². The second-order valence-electron chi connectivity index (χ2n) is 7.61. The first-order valence-electron chi connectivity index (χ1n) is 9.65. The summed E-state index contributed by atoms with van der Waals surface area (Å²) in [7, 11) is 0. The molecule has 0 atom stereocenters. The van der Waals surface area contributed by atoms with E-state index in [1.54, 1.807) is 17.0 Å².